The maximum absolute atomic E-state index is 14.1. The number of anilines is 1. The molecule has 3 aromatic carbocycles. The molecule has 4 nitrogen and oxygen atoms in total. The summed E-state index contributed by atoms with van der Waals surface area (Å²) in [5, 5.41) is 12.5. The number of amides is 1. The Balaban J connectivity index is 1.86. The molecule has 0 bridgehead atoms. The predicted octanol–water partition coefficient (Wildman–Crippen LogP) is 6.49. The number of halogens is 1. The summed E-state index contributed by atoms with van der Waals surface area (Å²) in [4.78, 5) is 12.7. The lowest BCUT2D eigenvalue weighted by Gasteiger charge is -2.05. The first kappa shape index (κ1) is 20.1. The van der Waals surface area contributed by atoms with Crippen LogP contribution in [0.15, 0.2) is 77.2 Å². The number of carbonyl (C=O) groups is 1. The zero-order valence-corrected chi connectivity index (χ0v) is 17.1. The lowest BCUT2D eigenvalue weighted by atomic mass is 9.97. The summed E-state index contributed by atoms with van der Waals surface area (Å²) in [6.07, 6.45) is 0. The van der Waals surface area contributed by atoms with E-state index in [9.17, 15) is 14.4 Å². The molecule has 1 heterocycles. The second kappa shape index (κ2) is 8.29. The third-order valence-electron chi connectivity index (χ3n) is 5.02. The zero-order chi connectivity index (χ0) is 22.0. The number of furan rings is 1. The van der Waals surface area contributed by atoms with Gasteiger partial charge < -0.3 is 4.42 Å². The number of rotatable bonds is 4. The second-order valence-electron chi connectivity index (χ2n) is 7.29. The van der Waals surface area contributed by atoms with E-state index in [0.717, 1.165) is 22.3 Å². The van der Waals surface area contributed by atoms with Gasteiger partial charge in [-0.15, -0.1) is 0 Å². The van der Waals surface area contributed by atoms with Crippen molar-refractivity contribution < 1.29 is 13.6 Å². The van der Waals surface area contributed by atoms with E-state index in [1.165, 1.54) is 18.2 Å². The van der Waals surface area contributed by atoms with Crippen molar-refractivity contribution in [2.24, 2.45) is 0 Å². The molecule has 1 aromatic heterocycles. The van der Waals surface area contributed by atoms with Gasteiger partial charge in [0.15, 0.2) is 0 Å². The Hall–Kier alpha value is -4.17. The first-order valence-electron chi connectivity index (χ1n) is 9.75. The molecule has 0 atom stereocenters. The van der Waals surface area contributed by atoms with Crippen LogP contribution in [0.2, 0.25) is 0 Å². The maximum atomic E-state index is 14.1. The predicted molar refractivity (Wildman–Crippen MR) is 118 cm³/mol. The van der Waals surface area contributed by atoms with E-state index in [4.69, 9.17) is 4.42 Å². The smallest absolute Gasteiger partial charge is 0.260 e. The molecule has 0 unspecified atom stereocenters. The van der Waals surface area contributed by atoms with Gasteiger partial charge in [0.25, 0.3) is 5.91 Å². The van der Waals surface area contributed by atoms with Crippen LogP contribution in [0.4, 0.5) is 10.3 Å². The van der Waals surface area contributed by atoms with Crippen molar-refractivity contribution in [3.8, 4) is 28.5 Å². The van der Waals surface area contributed by atoms with E-state index in [1.807, 2.05) is 62.4 Å². The van der Waals surface area contributed by atoms with E-state index in [0.29, 0.717) is 11.3 Å². The summed E-state index contributed by atoms with van der Waals surface area (Å²) in [6, 6.07) is 23.2. The Morgan fingerprint density at radius 3 is 2.06 bits per heavy atom. The summed E-state index contributed by atoms with van der Waals surface area (Å²) >= 11 is 0. The minimum absolute atomic E-state index is 0.0121. The Morgan fingerprint density at radius 1 is 0.903 bits per heavy atom. The van der Waals surface area contributed by atoms with E-state index in [2.05, 4.69) is 11.4 Å². The molecule has 0 saturated heterocycles. The SMILES string of the molecule is Cc1ccc(-c2oc(NC(=O)c3ccccc3F)c(C#N)c2-c2ccc(C)cc2)cc1. The molecule has 1 N–H and O–H groups in total. The van der Waals surface area contributed by atoms with Crippen LogP contribution in [-0.4, -0.2) is 5.91 Å². The number of hydrogen-bond donors (Lipinski definition) is 1. The average molecular weight is 410 g/mol. The number of carbonyl (C=O) groups excluding carboxylic acids is 1. The normalized spacial score (nSPS) is 10.5. The van der Waals surface area contributed by atoms with E-state index in [-0.39, 0.29) is 17.0 Å². The molecule has 4 rings (SSSR count). The quantitative estimate of drug-likeness (QED) is 0.418. The van der Waals surface area contributed by atoms with Crippen LogP contribution in [0.1, 0.15) is 27.0 Å². The molecule has 0 radical (unpaired) electrons. The third-order valence-corrected chi connectivity index (χ3v) is 5.02. The molecule has 0 saturated carbocycles. The average Bonchev–Trinajstić information content (AvgIpc) is 3.13. The monoisotopic (exact) mass is 410 g/mol. The van der Waals surface area contributed by atoms with Crippen LogP contribution in [-0.2, 0) is 0 Å². The van der Waals surface area contributed by atoms with Crippen molar-refractivity contribution in [2.45, 2.75) is 13.8 Å². The molecule has 0 aliphatic rings. The molecule has 0 aliphatic heterocycles. The minimum atomic E-state index is -0.686. The number of aryl methyl sites for hydroxylation is 2. The first-order chi connectivity index (χ1) is 15.0. The highest BCUT2D eigenvalue weighted by molar-refractivity contribution is 6.05. The van der Waals surface area contributed by atoms with Gasteiger partial charge in [-0.3, -0.25) is 10.1 Å². The second-order valence-corrected chi connectivity index (χ2v) is 7.29. The summed E-state index contributed by atoms with van der Waals surface area (Å²) in [6.45, 7) is 3.96. The number of benzene rings is 3. The Labute approximate surface area is 179 Å². The van der Waals surface area contributed by atoms with Crippen LogP contribution < -0.4 is 5.32 Å². The van der Waals surface area contributed by atoms with Crippen LogP contribution in [0.5, 0.6) is 0 Å². The number of nitrogens with zero attached hydrogens (tertiary/aromatic N) is 1. The minimum Gasteiger partial charge on any atom is -0.438 e. The van der Waals surface area contributed by atoms with Crippen LogP contribution in [0.25, 0.3) is 22.5 Å². The van der Waals surface area contributed by atoms with Gasteiger partial charge in [-0.25, -0.2) is 4.39 Å². The summed E-state index contributed by atoms with van der Waals surface area (Å²) < 4.78 is 20.1. The zero-order valence-electron chi connectivity index (χ0n) is 17.1. The molecule has 1 amide bonds. The lowest BCUT2D eigenvalue weighted by molar-refractivity contribution is 0.102. The van der Waals surface area contributed by atoms with Gasteiger partial charge in [-0.1, -0.05) is 71.8 Å². The standard InChI is InChI=1S/C26H19FN2O2/c1-16-7-11-18(12-8-16)23-21(15-28)26(29-25(30)20-5-3-4-6-22(20)27)31-24(23)19-13-9-17(2)10-14-19/h3-14H,1-2H3,(H,29,30). The topological polar surface area (TPSA) is 66.0 Å². The highest BCUT2D eigenvalue weighted by Crippen LogP contribution is 2.41. The lowest BCUT2D eigenvalue weighted by Crippen LogP contribution is -2.13. The Kier molecular flexibility index (Phi) is 5.38. The van der Waals surface area contributed by atoms with Crippen molar-refractivity contribution in [3.05, 3.63) is 101 Å². The summed E-state index contributed by atoms with van der Waals surface area (Å²) in [7, 11) is 0. The van der Waals surface area contributed by atoms with Gasteiger partial charge in [0, 0.05) is 11.1 Å². The first-order valence-corrected chi connectivity index (χ1v) is 9.75. The van der Waals surface area contributed by atoms with Crippen LogP contribution in [0.3, 0.4) is 0 Å². The number of hydrogen-bond acceptors (Lipinski definition) is 3. The van der Waals surface area contributed by atoms with Gasteiger partial charge in [-0.2, -0.15) is 5.26 Å². The fourth-order valence-electron chi connectivity index (χ4n) is 3.35. The Bertz CT molecular complexity index is 1300. The van der Waals surface area contributed by atoms with Crippen molar-refractivity contribution in [1.29, 1.82) is 5.26 Å². The highest BCUT2D eigenvalue weighted by atomic mass is 19.1. The molecular weight excluding hydrogens is 391 g/mol. The van der Waals surface area contributed by atoms with Crippen molar-refractivity contribution in [3.63, 3.8) is 0 Å². The number of nitrogens with one attached hydrogen (secondary N) is 1. The van der Waals surface area contributed by atoms with Gasteiger partial charge in [-0.05, 0) is 31.5 Å². The van der Waals surface area contributed by atoms with Gasteiger partial charge in [0.1, 0.15) is 23.2 Å². The third kappa shape index (κ3) is 3.96. The Morgan fingerprint density at radius 2 is 1.48 bits per heavy atom. The molecule has 31 heavy (non-hydrogen) atoms. The largest absolute Gasteiger partial charge is 0.438 e. The van der Waals surface area contributed by atoms with Gasteiger partial charge in [0.05, 0.1) is 5.56 Å². The van der Waals surface area contributed by atoms with Crippen molar-refractivity contribution >= 4 is 11.8 Å². The maximum Gasteiger partial charge on any atom is 0.260 e. The van der Waals surface area contributed by atoms with Crippen LogP contribution in [0, 0.1) is 31.0 Å². The molecule has 0 aliphatic carbocycles. The summed E-state index contributed by atoms with van der Waals surface area (Å²) in [5.41, 5.74) is 4.35. The van der Waals surface area contributed by atoms with Crippen molar-refractivity contribution in [1.82, 2.24) is 0 Å². The molecular formula is C26H19FN2O2. The molecule has 152 valence electrons. The van der Waals surface area contributed by atoms with E-state index < -0.39 is 11.7 Å². The van der Waals surface area contributed by atoms with Crippen LogP contribution >= 0.6 is 0 Å². The van der Waals surface area contributed by atoms with Gasteiger partial charge in [0.2, 0.25) is 5.88 Å². The molecule has 5 heteroatoms. The molecule has 0 fully saturated rings. The fraction of sp³-hybridized carbons (Fsp3) is 0.0769. The summed E-state index contributed by atoms with van der Waals surface area (Å²) in [5.74, 6) is -0.886. The molecule has 0 spiro atoms. The number of nitriles is 1. The fourth-order valence-corrected chi connectivity index (χ4v) is 3.35. The van der Waals surface area contributed by atoms with E-state index in [1.54, 1.807) is 6.07 Å². The van der Waals surface area contributed by atoms with E-state index >= 15 is 0 Å². The van der Waals surface area contributed by atoms with Gasteiger partial charge >= 0.3 is 0 Å². The molecule has 4 aromatic rings. The highest BCUT2D eigenvalue weighted by Gasteiger charge is 2.25. The van der Waals surface area contributed by atoms with Crippen molar-refractivity contribution in [2.75, 3.05) is 5.32 Å².